The lowest BCUT2D eigenvalue weighted by molar-refractivity contribution is 0.0562. The molecule has 1 amide bonds. The molecular weight excluding hydrogens is 373 g/mol. The lowest BCUT2D eigenvalue weighted by Crippen LogP contribution is -2.42. The van der Waals surface area contributed by atoms with Gasteiger partial charge in [0.25, 0.3) is 0 Å². The number of aryl methyl sites for hydroxylation is 1. The molecule has 29 heavy (non-hydrogen) atoms. The van der Waals surface area contributed by atoms with Gasteiger partial charge in [-0.2, -0.15) is 0 Å². The zero-order chi connectivity index (χ0) is 21.4. The molecule has 0 radical (unpaired) electrons. The van der Waals surface area contributed by atoms with Crippen molar-refractivity contribution in [1.29, 1.82) is 0 Å². The van der Waals surface area contributed by atoms with Gasteiger partial charge >= 0.3 is 6.09 Å². The summed E-state index contributed by atoms with van der Waals surface area (Å²) in [5.41, 5.74) is 0.843. The number of carbonyl (C=O) groups is 1. The van der Waals surface area contributed by atoms with Crippen molar-refractivity contribution in [2.45, 2.75) is 52.2 Å². The largest absolute Gasteiger partial charge is 0.444 e. The number of benzene rings is 1. The summed E-state index contributed by atoms with van der Waals surface area (Å²) in [6.07, 6.45) is 1.35. The van der Waals surface area contributed by atoms with Crippen molar-refractivity contribution in [2.75, 3.05) is 12.4 Å². The van der Waals surface area contributed by atoms with Crippen LogP contribution < -0.4 is 10.6 Å². The fourth-order valence-electron chi connectivity index (χ4n) is 3.27. The van der Waals surface area contributed by atoms with Gasteiger partial charge in [-0.25, -0.2) is 19.2 Å². The first-order valence-corrected chi connectivity index (χ1v) is 9.41. The summed E-state index contributed by atoms with van der Waals surface area (Å²) < 4.78 is 20.1. The molecular formula is C21H26FN5O2. The predicted molar refractivity (Wildman–Crippen MR) is 110 cm³/mol. The first kappa shape index (κ1) is 20.7. The highest BCUT2D eigenvalue weighted by molar-refractivity contribution is 6.07. The Kier molecular flexibility index (Phi) is 5.30. The van der Waals surface area contributed by atoms with Crippen molar-refractivity contribution >= 4 is 17.6 Å². The molecule has 154 valence electrons. The highest BCUT2D eigenvalue weighted by atomic mass is 19.1. The summed E-state index contributed by atoms with van der Waals surface area (Å²) in [5.74, 6) is 0.479. The smallest absolute Gasteiger partial charge is 0.413 e. The van der Waals surface area contributed by atoms with E-state index < -0.39 is 17.2 Å². The van der Waals surface area contributed by atoms with Crippen LogP contribution in [0.4, 0.5) is 14.9 Å². The standard InChI is InChI=1S/C21H26FN5O2/c1-12-24-11-14-17(25-12)10-21(5,15-9-13(23-6)7-8-16(15)22)27-18(14)26-19(28)29-20(2,3)4/h7-9,11,23H,10H2,1-6H3,(H,26,27,28)/t21-/m0/s1. The van der Waals surface area contributed by atoms with Crippen LogP contribution in [0, 0.1) is 12.7 Å². The summed E-state index contributed by atoms with van der Waals surface area (Å²) in [5, 5.41) is 5.71. The molecule has 7 nitrogen and oxygen atoms in total. The number of nitrogens with one attached hydrogen (secondary N) is 2. The van der Waals surface area contributed by atoms with Crippen LogP contribution >= 0.6 is 0 Å². The maximum Gasteiger partial charge on any atom is 0.413 e. The summed E-state index contributed by atoms with van der Waals surface area (Å²) in [7, 11) is 1.77. The summed E-state index contributed by atoms with van der Waals surface area (Å²) in [6, 6.07) is 4.79. The number of anilines is 1. The van der Waals surface area contributed by atoms with E-state index in [4.69, 9.17) is 9.73 Å². The van der Waals surface area contributed by atoms with Crippen molar-refractivity contribution in [2.24, 2.45) is 4.99 Å². The van der Waals surface area contributed by atoms with Gasteiger partial charge in [-0.05, 0) is 52.8 Å². The van der Waals surface area contributed by atoms with E-state index in [1.807, 2.05) is 6.92 Å². The van der Waals surface area contributed by atoms with Crippen LogP contribution in [0.25, 0.3) is 0 Å². The third-order valence-electron chi connectivity index (χ3n) is 4.57. The molecule has 0 unspecified atom stereocenters. The molecule has 0 bridgehead atoms. The Bertz CT molecular complexity index is 984. The molecule has 8 heteroatoms. The average Bonchev–Trinajstić information content (AvgIpc) is 2.59. The average molecular weight is 399 g/mol. The minimum atomic E-state index is -0.963. The predicted octanol–water partition coefficient (Wildman–Crippen LogP) is 3.71. The van der Waals surface area contributed by atoms with Gasteiger partial charge in [0.05, 0.1) is 16.8 Å². The van der Waals surface area contributed by atoms with E-state index in [9.17, 15) is 9.18 Å². The zero-order valence-corrected chi connectivity index (χ0v) is 17.6. The first-order chi connectivity index (χ1) is 13.5. The third-order valence-corrected chi connectivity index (χ3v) is 4.57. The fraction of sp³-hybridized carbons (Fsp3) is 0.429. The minimum Gasteiger partial charge on any atom is -0.444 e. The molecule has 1 atom stereocenters. The van der Waals surface area contributed by atoms with Crippen molar-refractivity contribution in [3.8, 4) is 0 Å². The van der Waals surface area contributed by atoms with Crippen LogP contribution in [-0.4, -0.2) is 34.5 Å². The van der Waals surface area contributed by atoms with E-state index >= 15 is 0 Å². The molecule has 1 aliphatic rings. The second-order valence-electron chi connectivity index (χ2n) is 8.26. The molecule has 0 spiro atoms. The number of rotatable bonds is 2. The monoisotopic (exact) mass is 399 g/mol. The Labute approximate surface area is 169 Å². The van der Waals surface area contributed by atoms with Gasteiger partial charge in [0.1, 0.15) is 23.1 Å². The van der Waals surface area contributed by atoms with E-state index in [1.165, 1.54) is 6.07 Å². The van der Waals surface area contributed by atoms with Gasteiger partial charge < -0.3 is 10.1 Å². The van der Waals surface area contributed by atoms with Crippen molar-refractivity contribution < 1.29 is 13.9 Å². The third kappa shape index (κ3) is 4.52. The summed E-state index contributed by atoms with van der Waals surface area (Å²) in [6.45, 7) is 8.93. The topological polar surface area (TPSA) is 88.5 Å². The van der Waals surface area contributed by atoms with Gasteiger partial charge in [-0.1, -0.05) is 0 Å². The van der Waals surface area contributed by atoms with E-state index in [0.29, 0.717) is 29.1 Å². The number of aliphatic imine (C=N–C) groups is 1. The Balaban J connectivity index is 2.09. The number of amides is 1. The van der Waals surface area contributed by atoms with Crippen LogP contribution in [0.2, 0.25) is 0 Å². The number of hydrogen-bond acceptors (Lipinski definition) is 6. The van der Waals surface area contributed by atoms with E-state index in [-0.39, 0.29) is 11.7 Å². The lowest BCUT2D eigenvalue weighted by atomic mass is 9.83. The number of ether oxygens (including phenoxy) is 1. The second kappa shape index (κ2) is 7.42. The fourth-order valence-corrected chi connectivity index (χ4v) is 3.27. The van der Waals surface area contributed by atoms with Gasteiger partial charge in [0, 0.05) is 30.9 Å². The number of halogens is 1. The van der Waals surface area contributed by atoms with Crippen molar-refractivity contribution in [1.82, 2.24) is 15.3 Å². The van der Waals surface area contributed by atoms with Gasteiger partial charge in [-0.3, -0.25) is 10.3 Å². The van der Waals surface area contributed by atoms with Crippen LogP contribution in [-0.2, 0) is 16.7 Å². The number of hydrogen-bond donors (Lipinski definition) is 2. The molecule has 0 aliphatic carbocycles. The van der Waals surface area contributed by atoms with Gasteiger partial charge in [0.2, 0.25) is 0 Å². The van der Waals surface area contributed by atoms with Crippen molar-refractivity contribution in [3.63, 3.8) is 0 Å². The van der Waals surface area contributed by atoms with E-state index in [1.54, 1.807) is 53.1 Å². The Morgan fingerprint density at radius 2 is 2.03 bits per heavy atom. The lowest BCUT2D eigenvalue weighted by Gasteiger charge is -2.32. The minimum absolute atomic E-state index is 0.261. The second-order valence-corrected chi connectivity index (χ2v) is 8.26. The number of fused-ring (bicyclic) bond motifs is 1. The highest BCUT2D eigenvalue weighted by Crippen LogP contribution is 2.37. The summed E-state index contributed by atoms with van der Waals surface area (Å²) in [4.78, 5) is 25.8. The Morgan fingerprint density at radius 1 is 1.31 bits per heavy atom. The molecule has 0 saturated heterocycles. The molecule has 0 saturated carbocycles. The van der Waals surface area contributed by atoms with E-state index in [2.05, 4.69) is 20.6 Å². The first-order valence-electron chi connectivity index (χ1n) is 9.41. The Hall–Kier alpha value is -3.03. The number of nitrogens with zero attached hydrogens (tertiary/aromatic N) is 3. The normalized spacial score (nSPS) is 18.5. The van der Waals surface area contributed by atoms with Crippen LogP contribution in [0.5, 0.6) is 0 Å². The van der Waals surface area contributed by atoms with E-state index in [0.717, 1.165) is 5.69 Å². The highest BCUT2D eigenvalue weighted by Gasteiger charge is 2.37. The molecule has 2 aromatic rings. The maximum absolute atomic E-state index is 14.8. The molecule has 3 rings (SSSR count). The van der Waals surface area contributed by atoms with Crippen LogP contribution in [0.3, 0.4) is 0 Å². The Morgan fingerprint density at radius 3 is 2.69 bits per heavy atom. The molecule has 2 heterocycles. The molecule has 1 aliphatic heterocycles. The quantitative estimate of drug-likeness (QED) is 0.804. The van der Waals surface area contributed by atoms with Crippen LogP contribution in [0.1, 0.15) is 50.3 Å². The number of alkyl carbamates (subject to hydrolysis) is 1. The number of amidine groups is 1. The van der Waals surface area contributed by atoms with Gasteiger partial charge in [0.15, 0.2) is 0 Å². The molecule has 0 fully saturated rings. The van der Waals surface area contributed by atoms with Gasteiger partial charge in [-0.15, -0.1) is 0 Å². The number of carbonyl (C=O) groups excluding carboxylic acids is 1. The molecule has 1 aromatic heterocycles. The molecule has 1 aromatic carbocycles. The SMILES string of the molecule is CNc1ccc(F)c([C@]2(C)Cc3nc(C)ncc3C(NC(=O)OC(C)(C)C)=N2)c1. The van der Waals surface area contributed by atoms with Crippen LogP contribution in [0.15, 0.2) is 29.4 Å². The zero-order valence-electron chi connectivity index (χ0n) is 17.6. The molecule has 2 N–H and O–H groups in total. The van der Waals surface area contributed by atoms with Crippen molar-refractivity contribution in [3.05, 3.63) is 52.9 Å². The number of aromatic nitrogens is 2. The maximum atomic E-state index is 14.8. The summed E-state index contributed by atoms with van der Waals surface area (Å²) >= 11 is 0.